The Kier molecular flexibility index (Phi) is 6.12. The Bertz CT molecular complexity index is 1560. The van der Waals surface area contributed by atoms with Gasteiger partial charge in [0, 0.05) is 24.2 Å². The zero-order valence-corrected chi connectivity index (χ0v) is 19.1. The smallest absolute Gasteiger partial charge is 0.332 e. The highest BCUT2D eigenvalue weighted by atomic mass is 32.1. The molecule has 1 aromatic carbocycles. The fourth-order valence-corrected chi connectivity index (χ4v) is 4.88. The molecule has 2 aromatic heterocycles. The van der Waals surface area contributed by atoms with E-state index in [0.717, 1.165) is 27.5 Å². The van der Waals surface area contributed by atoms with Crippen LogP contribution in [0.4, 0.5) is 5.69 Å². The number of rotatable bonds is 4. The molecule has 0 fully saturated rings. The number of methoxy groups -OCH3 is 1. The number of carbonyl (C=O) groups is 2. The van der Waals surface area contributed by atoms with E-state index in [4.69, 9.17) is 5.73 Å². The number of allylic oxidation sites excluding steroid dienone is 1. The third-order valence-corrected chi connectivity index (χ3v) is 6.39. The monoisotopic (exact) mass is 473 g/mol. The van der Waals surface area contributed by atoms with Crippen LogP contribution in [0.5, 0.6) is 0 Å². The van der Waals surface area contributed by atoms with Gasteiger partial charge in [0.05, 0.1) is 30.2 Å². The quantitative estimate of drug-likeness (QED) is 0.534. The maximum atomic E-state index is 13.6. The van der Waals surface area contributed by atoms with Crippen LogP contribution >= 0.6 is 11.3 Å². The first-order valence-electron chi connectivity index (χ1n) is 10.1. The molecule has 1 atom stereocenters. The van der Waals surface area contributed by atoms with Crippen LogP contribution in [0, 0.1) is 18.3 Å². The van der Waals surface area contributed by atoms with Crippen LogP contribution in [-0.2, 0) is 14.3 Å². The van der Waals surface area contributed by atoms with Gasteiger partial charge in [0.15, 0.2) is 0 Å². The van der Waals surface area contributed by atoms with E-state index in [0.29, 0.717) is 11.3 Å². The molecule has 0 radical (unpaired) electrons. The summed E-state index contributed by atoms with van der Waals surface area (Å²) >= 11 is 0.927. The molecule has 3 heterocycles. The Labute approximate surface area is 197 Å². The van der Waals surface area contributed by atoms with Crippen LogP contribution in [0.1, 0.15) is 17.0 Å². The summed E-state index contributed by atoms with van der Waals surface area (Å²) in [7, 11) is 1.19. The van der Waals surface area contributed by atoms with Crippen molar-refractivity contribution in [2.45, 2.75) is 12.8 Å². The highest BCUT2D eigenvalue weighted by Gasteiger charge is 2.35. The molecule has 3 N–H and O–H groups in total. The SMILES string of the molecule is COC(=O)C=c1sc2n(c1=O)C(N)=C(C#N)C(c1ccncc1)C=2C(=O)Nc1cccc(C)c1. The molecule has 0 aliphatic carbocycles. The average molecular weight is 474 g/mol. The number of nitriles is 1. The molecule has 0 saturated heterocycles. The number of thiazole rings is 1. The number of nitrogens with zero attached hydrogens (tertiary/aromatic N) is 3. The van der Waals surface area contributed by atoms with Crippen LogP contribution < -0.4 is 25.8 Å². The van der Waals surface area contributed by atoms with E-state index in [1.54, 1.807) is 42.7 Å². The number of nitrogens with two attached hydrogens (primary N) is 1. The summed E-state index contributed by atoms with van der Waals surface area (Å²) in [6.45, 7) is 1.90. The van der Waals surface area contributed by atoms with Gasteiger partial charge in [0.25, 0.3) is 11.5 Å². The lowest BCUT2D eigenvalue weighted by Crippen LogP contribution is -2.40. The summed E-state index contributed by atoms with van der Waals surface area (Å²) in [5, 5.41) is 12.8. The second-order valence-corrected chi connectivity index (χ2v) is 8.47. The summed E-state index contributed by atoms with van der Waals surface area (Å²) in [5.41, 5.74) is 7.96. The van der Waals surface area contributed by atoms with Crippen molar-refractivity contribution < 1.29 is 14.3 Å². The summed E-state index contributed by atoms with van der Waals surface area (Å²) in [6, 6.07) is 12.7. The minimum atomic E-state index is -0.846. The van der Waals surface area contributed by atoms with E-state index in [2.05, 4.69) is 21.1 Å². The lowest BCUT2D eigenvalue weighted by molar-refractivity contribution is -0.133. The van der Waals surface area contributed by atoms with Crippen LogP contribution in [0.3, 0.4) is 0 Å². The molecular formula is C24H19N5O4S. The first-order valence-corrected chi connectivity index (χ1v) is 10.9. The molecule has 1 amide bonds. The van der Waals surface area contributed by atoms with Crippen molar-refractivity contribution in [3.63, 3.8) is 0 Å². The number of anilines is 1. The van der Waals surface area contributed by atoms with Gasteiger partial charge in [0.1, 0.15) is 15.0 Å². The number of ether oxygens (including phenoxy) is 1. The summed E-state index contributed by atoms with van der Waals surface area (Å²) < 4.78 is 5.99. The van der Waals surface area contributed by atoms with E-state index >= 15 is 0 Å². The molecule has 9 nitrogen and oxygen atoms in total. The summed E-state index contributed by atoms with van der Waals surface area (Å²) in [6.07, 6.45) is 4.13. The molecule has 34 heavy (non-hydrogen) atoms. The van der Waals surface area contributed by atoms with Crippen LogP contribution in [0.15, 0.2) is 59.2 Å². The molecule has 170 valence electrons. The molecule has 0 spiro atoms. The number of hydrogen-bond donors (Lipinski definition) is 2. The maximum absolute atomic E-state index is 13.6. The minimum Gasteiger partial charge on any atom is -0.466 e. The van der Waals surface area contributed by atoms with Crippen LogP contribution in [0.25, 0.3) is 17.5 Å². The molecule has 1 unspecified atom stereocenters. The van der Waals surface area contributed by atoms with E-state index in [9.17, 15) is 19.6 Å². The molecular weight excluding hydrogens is 454 g/mol. The zero-order chi connectivity index (χ0) is 24.4. The summed E-state index contributed by atoms with van der Waals surface area (Å²) in [5.74, 6) is -2.18. The second kappa shape index (κ2) is 9.17. The Balaban J connectivity index is 2.05. The molecule has 0 saturated carbocycles. The largest absolute Gasteiger partial charge is 0.466 e. The van der Waals surface area contributed by atoms with Crippen molar-refractivity contribution in [3.05, 3.63) is 85.0 Å². The van der Waals surface area contributed by atoms with E-state index < -0.39 is 23.4 Å². The predicted octanol–water partition coefficient (Wildman–Crippen LogP) is 0.804. The van der Waals surface area contributed by atoms with E-state index in [1.807, 2.05) is 13.0 Å². The van der Waals surface area contributed by atoms with Gasteiger partial charge in [-0.15, -0.1) is 11.3 Å². The third-order valence-electron chi connectivity index (χ3n) is 5.28. The number of fused-ring (bicyclic) bond motifs is 1. The third kappa shape index (κ3) is 4.00. The molecule has 0 bridgehead atoms. The molecule has 3 aromatic rings. The van der Waals surface area contributed by atoms with Crippen LogP contribution in [-0.4, -0.2) is 28.5 Å². The first-order chi connectivity index (χ1) is 16.3. The van der Waals surface area contributed by atoms with Gasteiger partial charge < -0.3 is 15.8 Å². The molecule has 10 heteroatoms. The van der Waals surface area contributed by atoms with Gasteiger partial charge >= 0.3 is 5.97 Å². The highest BCUT2D eigenvalue weighted by molar-refractivity contribution is 7.07. The minimum absolute atomic E-state index is 0.0262. The van der Waals surface area contributed by atoms with Crippen molar-refractivity contribution in [1.29, 1.82) is 5.26 Å². The molecule has 4 rings (SSSR count). The number of benzene rings is 1. The topological polar surface area (TPSA) is 140 Å². The fraction of sp³-hybridized carbons (Fsp3) is 0.125. The Morgan fingerprint density at radius 2 is 2.03 bits per heavy atom. The number of amides is 1. The predicted molar refractivity (Wildman–Crippen MR) is 128 cm³/mol. The fourth-order valence-electron chi connectivity index (χ4n) is 3.74. The Hall–Kier alpha value is -4.49. The number of esters is 1. The average Bonchev–Trinajstić information content (AvgIpc) is 3.15. The normalized spacial score (nSPS) is 15.5. The van der Waals surface area contributed by atoms with Gasteiger partial charge in [-0.05, 0) is 42.3 Å². The number of aryl methyl sites for hydroxylation is 1. The van der Waals surface area contributed by atoms with E-state index in [-0.39, 0.29) is 26.2 Å². The summed E-state index contributed by atoms with van der Waals surface area (Å²) in [4.78, 5) is 42.6. The van der Waals surface area contributed by atoms with Gasteiger partial charge in [-0.3, -0.25) is 19.1 Å². The van der Waals surface area contributed by atoms with E-state index in [1.165, 1.54) is 7.11 Å². The number of nitrogens with one attached hydrogen (secondary N) is 1. The number of aromatic nitrogens is 2. The van der Waals surface area contributed by atoms with Crippen molar-refractivity contribution in [3.8, 4) is 6.07 Å². The molecule has 1 aliphatic rings. The highest BCUT2D eigenvalue weighted by Crippen LogP contribution is 2.36. The van der Waals surface area contributed by atoms with Crippen molar-refractivity contribution in [2.24, 2.45) is 5.73 Å². The number of carbonyl (C=O) groups excluding carboxylic acids is 2. The first kappa shape index (κ1) is 22.7. The maximum Gasteiger partial charge on any atom is 0.332 e. The standard InChI is InChI=1S/C24H19N5O4S/c1-13-4-3-5-15(10-13)28-22(31)20-19(14-6-8-27-9-7-14)16(12-25)21(26)29-23(32)17(34-24(20)29)11-18(30)33-2/h3-11,19H,26H2,1-2H3,(H,28,31). The van der Waals surface area contributed by atoms with Gasteiger partial charge in [-0.25, -0.2) is 4.79 Å². The van der Waals surface area contributed by atoms with Gasteiger partial charge in [0.2, 0.25) is 0 Å². The zero-order valence-electron chi connectivity index (χ0n) is 18.2. The van der Waals surface area contributed by atoms with Gasteiger partial charge in [-0.1, -0.05) is 12.1 Å². The molecule has 1 aliphatic heterocycles. The Morgan fingerprint density at radius 3 is 2.68 bits per heavy atom. The number of hydrogen-bond acceptors (Lipinski definition) is 8. The van der Waals surface area contributed by atoms with Crippen molar-refractivity contribution in [2.75, 3.05) is 12.4 Å². The van der Waals surface area contributed by atoms with Crippen molar-refractivity contribution in [1.82, 2.24) is 9.55 Å². The van der Waals surface area contributed by atoms with Crippen LogP contribution in [0.2, 0.25) is 0 Å². The lowest BCUT2D eigenvalue weighted by Gasteiger charge is -2.25. The Morgan fingerprint density at radius 1 is 1.29 bits per heavy atom. The second-order valence-electron chi connectivity index (χ2n) is 7.44. The number of pyridine rings is 1. The van der Waals surface area contributed by atoms with Gasteiger partial charge in [-0.2, -0.15) is 5.26 Å². The van der Waals surface area contributed by atoms with Crippen molar-refractivity contribution >= 4 is 46.4 Å². The lowest BCUT2D eigenvalue weighted by atomic mass is 9.84.